The number of nitrogens with one attached hydrogen (secondary N) is 1. The Morgan fingerprint density at radius 3 is 2.61 bits per heavy atom. The molecule has 0 bridgehead atoms. The van der Waals surface area contributed by atoms with Gasteiger partial charge in [-0.3, -0.25) is 4.79 Å². The maximum absolute atomic E-state index is 12.0. The summed E-state index contributed by atoms with van der Waals surface area (Å²) >= 11 is 0. The van der Waals surface area contributed by atoms with Crippen molar-refractivity contribution in [3.63, 3.8) is 0 Å². The Balaban J connectivity index is 1.93. The van der Waals surface area contributed by atoms with Crippen LogP contribution in [0.1, 0.15) is 20.3 Å². The van der Waals surface area contributed by atoms with Crippen molar-refractivity contribution in [1.29, 1.82) is 5.26 Å². The number of carbonyl (C=O) groups is 1. The molecule has 1 aliphatic heterocycles. The summed E-state index contributed by atoms with van der Waals surface area (Å²) in [6.07, 6.45) is 5.93. The van der Waals surface area contributed by atoms with E-state index < -0.39 is 0 Å². The summed E-state index contributed by atoms with van der Waals surface area (Å²) in [5, 5.41) is 12.0. The standard InChI is InChI=1S/C16H22N6O/c1-3-13(2)20-15(23)14(11-17)12-21-7-9-22(10-8-21)16-18-5-4-6-19-16/h4-6,12-13H,3,7-10H2,1-2H3,(H,20,23)/b14-12-. The van der Waals surface area contributed by atoms with Gasteiger partial charge in [-0.25, -0.2) is 9.97 Å². The highest BCUT2D eigenvalue weighted by Crippen LogP contribution is 2.11. The maximum Gasteiger partial charge on any atom is 0.263 e. The van der Waals surface area contributed by atoms with Crippen LogP contribution >= 0.6 is 0 Å². The maximum atomic E-state index is 12.0. The Bertz CT molecular complexity index is 586. The molecule has 1 N–H and O–H groups in total. The first kappa shape index (κ1) is 16.7. The molecule has 7 heteroatoms. The van der Waals surface area contributed by atoms with E-state index in [0.29, 0.717) is 5.95 Å². The van der Waals surface area contributed by atoms with Crippen LogP contribution < -0.4 is 10.2 Å². The fourth-order valence-electron chi connectivity index (χ4n) is 2.23. The minimum absolute atomic E-state index is 0.0614. The minimum atomic E-state index is -0.310. The van der Waals surface area contributed by atoms with Crippen LogP contribution in [-0.4, -0.2) is 53.0 Å². The van der Waals surface area contributed by atoms with E-state index in [9.17, 15) is 10.1 Å². The second kappa shape index (κ2) is 8.13. The molecule has 0 aliphatic carbocycles. The van der Waals surface area contributed by atoms with E-state index in [4.69, 9.17) is 0 Å². The largest absolute Gasteiger partial charge is 0.373 e. The molecule has 1 amide bonds. The van der Waals surface area contributed by atoms with Gasteiger partial charge in [-0.2, -0.15) is 5.26 Å². The molecule has 1 atom stereocenters. The van der Waals surface area contributed by atoms with Crippen LogP contribution in [0.5, 0.6) is 0 Å². The van der Waals surface area contributed by atoms with Crippen molar-refractivity contribution in [2.45, 2.75) is 26.3 Å². The lowest BCUT2D eigenvalue weighted by molar-refractivity contribution is -0.117. The zero-order valence-electron chi connectivity index (χ0n) is 13.6. The van der Waals surface area contributed by atoms with Crippen molar-refractivity contribution in [2.75, 3.05) is 31.1 Å². The smallest absolute Gasteiger partial charge is 0.263 e. The minimum Gasteiger partial charge on any atom is -0.373 e. The van der Waals surface area contributed by atoms with Gasteiger partial charge in [0.25, 0.3) is 5.91 Å². The Morgan fingerprint density at radius 1 is 1.39 bits per heavy atom. The Hall–Kier alpha value is -2.62. The third-order valence-corrected chi connectivity index (χ3v) is 3.82. The fourth-order valence-corrected chi connectivity index (χ4v) is 2.23. The van der Waals surface area contributed by atoms with Gasteiger partial charge in [-0.1, -0.05) is 6.92 Å². The Morgan fingerprint density at radius 2 is 2.04 bits per heavy atom. The molecular weight excluding hydrogens is 292 g/mol. The number of amides is 1. The molecule has 1 saturated heterocycles. The molecule has 1 fully saturated rings. The van der Waals surface area contributed by atoms with Crippen molar-refractivity contribution in [3.8, 4) is 6.07 Å². The highest BCUT2D eigenvalue weighted by molar-refractivity contribution is 5.97. The molecule has 7 nitrogen and oxygen atoms in total. The summed E-state index contributed by atoms with van der Waals surface area (Å²) in [6.45, 7) is 6.87. The normalized spacial score (nSPS) is 16.7. The average Bonchev–Trinajstić information content (AvgIpc) is 2.60. The van der Waals surface area contributed by atoms with Gasteiger partial charge in [0, 0.05) is 50.8 Å². The predicted molar refractivity (Wildman–Crippen MR) is 87.4 cm³/mol. The molecule has 1 aromatic heterocycles. The van der Waals surface area contributed by atoms with E-state index in [2.05, 4.69) is 20.2 Å². The van der Waals surface area contributed by atoms with Crippen LogP contribution in [-0.2, 0) is 4.79 Å². The average molecular weight is 314 g/mol. The molecule has 2 heterocycles. The number of aromatic nitrogens is 2. The number of nitrogens with zero attached hydrogens (tertiary/aromatic N) is 5. The molecule has 23 heavy (non-hydrogen) atoms. The van der Waals surface area contributed by atoms with Gasteiger partial charge in [-0.05, 0) is 19.4 Å². The number of carbonyl (C=O) groups excluding carboxylic acids is 1. The molecule has 1 aromatic rings. The molecule has 0 spiro atoms. The lowest BCUT2D eigenvalue weighted by Crippen LogP contribution is -2.45. The van der Waals surface area contributed by atoms with E-state index in [0.717, 1.165) is 32.6 Å². The number of hydrogen-bond acceptors (Lipinski definition) is 6. The first-order chi connectivity index (χ1) is 11.1. The monoisotopic (exact) mass is 314 g/mol. The molecule has 0 aromatic carbocycles. The highest BCUT2D eigenvalue weighted by Gasteiger charge is 2.19. The first-order valence-electron chi connectivity index (χ1n) is 7.82. The van der Waals surface area contributed by atoms with Crippen LogP contribution in [0.4, 0.5) is 5.95 Å². The van der Waals surface area contributed by atoms with E-state index >= 15 is 0 Å². The van der Waals surface area contributed by atoms with Gasteiger partial charge < -0.3 is 15.1 Å². The Labute approximate surface area is 136 Å². The topological polar surface area (TPSA) is 85.2 Å². The third kappa shape index (κ3) is 4.68. The SMILES string of the molecule is CCC(C)NC(=O)/C(C#N)=C\N1CCN(c2ncccn2)CC1. The summed E-state index contributed by atoms with van der Waals surface area (Å²) in [6, 6.07) is 3.84. The number of piperazine rings is 1. The molecular formula is C16H22N6O. The van der Waals surface area contributed by atoms with E-state index in [-0.39, 0.29) is 17.5 Å². The fraction of sp³-hybridized carbons (Fsp3) is 0.500. The second-order valence-electron chi connectivity index (χ2n) is 5.51. The number of anilines is 1. The lowest BCUT2D eigenvalue weighted by atomic mass is 10.2. The van der Waals surface area contributed by atoms with Gasteiger partial charge in [0.1, 0.15) is 11.6 Å². The summed E-state index contributed by atoms with van der Waals surface area (Å²) in [5.41, 5.74) is 0.148. The molecule has 1 unspecified atom stereocenters. The van der Waals surface area contributed by atoms with Gasteiger partial charge in [0.2, 0.25) is 5.95 Å². The van der Waals surface area contributed by atoms with Crippen LogP contribution in [0, 0.1) is 11.3 Å². The van der Waals surface area contributed by atoms with Crippen molar-refractivity contribution >= 4 is 11.9 Å². The van der Waals surface area contributed by atoms with Crippen LogP contribution in [0.15, 0.2) is 30.2 Å². The summed E-state index contributed by atoms with van der Waals surface area (Å²) in [7, 11) is 0. The van der Waals surface area contributed by atoms with Gasteiger partial charge in [-0.15, -0.1) is 0 Å². The Kier molecular flexibility index (Phi) is 5.92. The van der Waals surface area contributed by atoms with E-state index in [1.165, 1.54) is 0 Å². The van der Waals surface area contributed by atoms with Gasteiger partial charge in [0.15, 0.2) is 0 Å². The second-order valence-corrected chi connectivity index (χ2v) is 5.51. The first-order valence-corrected chi connectivity index (χ1v) is 7.82. The van der Waals surface area contributed by atoms with E-state index in [1.54, 1.807) is 24.7 Å². The zero-order valence-corrected chi connectivity index (χ0v) is 13.6. The molecule has 1 aliphatic rings. The van der Waals surface area contributed by atoms with Gasteiger partial charge >= 0.3 is 0 Å². The predicted octanol–water partition coefficient (Wildman–Crippen LogP) is 0.921. The molecule has 122 valence electrons. The van der Waals surface area contributed by atoms with E-state index in [1.807, 2.05) is 24.8 Å². The lowest BCUT2D eigenvalue weighted by Gasteiger charge is -2.34. The molecule has 0 radical (unpaired) electrons. The summed E-state index contributed by atoms with van der Waals surface area (Å²) in [5.74, 6) is 0.404. The number of rotatable bonds is 5. The van der Waals surface area contributed by atoms with Crippen LogP contribution in [0.25, 0.3) is 0 Å². The van der Waals surface area contributed by atoms with Gasteiger partial charge in [0.05, 0.1) is 0 Å². The van der Waals surface area contributed by atoms with Crippen LogP contribution in [0.2, 0.25) is 0 Å². The van der Waals surface area contributed by atoms with Crippen molar-refractivity contribution in [1.82, 2.24) is 20.2 Å². The van der Waals surface area contributed by atoms with Crippen molar-refractivity contribution < 1.29 is 4.79 Å². The highest BCUT2D eigenvalue weighted by atomic mass is 16.1. The quantitative estimate of drug-likeness (QED) is 0.642. The summed E-state index contributed by atoms with van der Waals surface area (Å²) in [4.78, 5) is 24.6. The number of nitriles is 1. The third-order valence-electron chi connectivity index (χ3n) is 3.82. The number of hydrogen-bond donors (Lipinski definition) is 1. The van der Waals surface area contributed by atoms with Crippen molar-refractivity contribution in [2.24, 2.45) is 0 Å². The molecule has 0 saturated carbocycles. The zero-order chi connectivity index (χ0) is 16.7. The van der Waals surface area contributed by atoms with Crippen LogP contribution in [0.3, 0.4) is 0 Å². The molecule has 2 rings (SSSR count). The van der Waals surface area contributed by atoms with Crippen molar-refractivity contribution in [3.05, 3.63) is 30.2 Å². The summed E-state index contributed by atoms with van der Waals surface area (Å²) < 4.78 is 0.